The minimum absolute atomic E-state index is 0. The van der Waals surface area contributed by atoms with Crippen LogP contribution in [0.3, 0.4) is 0 Å². The number of aliphatic hydroxyl groups excluding tert-OH is 1. The molecular weight excluding hydrogens is 704 g/mol. The standard InChI is InChI=1S/C8H9BF2O2.C6H4F2O.C6H4F2.C6H3F2.C3H9BO3.CH4O.CH3.2Li.2H2O/c1-12-9(13-2)6-4-3-5-7(10)8(6)11;7-4-2-1-3-5(9)6(4)8;2*7-5-3-1-2-4-6(5)8;1-5-4(6-2)7-3;1-2;;;;;/h3-5H,1-2H3;1-3,9H;1-4H;1-3H;1-3H3;2H,1H3;1H3;;;2*1H2/q;;;-1;;;-1;2*+1;;. The summed E-state index contributed by atoms with van der Waals surface area (Å²) in [6.45, 7) is 0. The van der Waals surface area contributed by atoms with Crippen LogP contribution >= 0.6 is 0 Å². The van der Waals surface area contributed by atoms with Crippen LogP contribution in [0.1, 0.15) is 0 Å². The Morgan fingerprint density at radius 2 is 0.904 bits per heavy atom. The Labute approximate surface area is 323 Å². The molecule has 6 N–H and O–H groups in total. The molecule has 4 aromatic rings. The first-order valence-electron chi connectivity index (χ1n) is 12.8. The maximum atomic E-state index is 13.1. The van der Waals surface area contributed by atoms with Crippen molar-refractivity contribution in [1.29, 1.82) is 0 Å². The number of rotatable bonds is 6. The van der Waals surface area contributed by atoms with Gasteiger partial charge >= 0.3 is 52.2 Å². The van der Waals surface area contributed by atoms with Crippen LogP contribution in [0.5, 0.6) is 5.75 Å². The molecule has 0 saturated heterocycles. The second kappa shape index (κ2) is 39.3. The second-order valence-corrected chi connectivity index (χ2v) is 7.76. The first kappa shape index (κ1) is 64.1. The third-order valence-corrected chi connectivity index (χ3v) is 4.76. The predicted molar refractivity (Wildman–Crippen MR) is 174 cm³/mol. The van der Waals surface area contributed by atoms with Gasteiger partial charge in [-0.05, 0) is 30.3 Å². The van der Waals surface area contributed by atoms with E-state index in [1.54, 1.807) is 0 Å². The number of phenolic OH excluding ortho intramolecular Hbond substituents is 1. The van der Waals surface area contributed by atoms with Gasteiger partial charge in [-0.3, -0.25) is 4.39 Å². The molecule has 0 fully saturated rings. The van der Waals surface area contributed by atoms with E-state index in [4.69, 9.17) is 19.5 Å². The minimum atomic E-state index is -1.20. The topological polar surface area (TPSA) is 150 Å². The SMILES string of the molecule is CO.COB(OC)OC.COB(OC)c1cccc(F)c1F.Fc1[c-]cccc1F.Fc1ccccc1F.O.O.Oc1cccc(F)c1F.[CH3-].[Li+].[Li+]. The van der Waals surface area contributed by atoms with Crippen LogP contribution in [0.15, 0.2) is 78.9 Å². The van der Waals surface area contributed by atoms with E-state index in [0.717, 1.165) is 43.5 Å². The third-order valence-electron chi connectivity index (χ3n) is 4.76. The summed E-state index contributed by atoms with van der Waals surface area (Å²) in [5.74, 6) is -8.10. The summed E-state index contributed by atoms with van der Waals surface area (Å²) in [7, 11) is 6.88. The molecule has 0 atom stereocenters. The molecule has 9 nitrogen and oxygen atoms in total. The van der Waals surface area contributed by atoms with Crippen molar-refractivity contribution >= 4 is 19.9 Å². The van der Waals surface area contributed by atoms with Crippen molar-refractivity contribution in [2.45, 2.75) is 0 Å². The van der Waals surface area contributed by atoms with E-state index < -0.39 is 66.7 Å². The summed E-state index contributed by atoms with van der Waals surface area (Å²) in [5, 5.41) is 15.5. The van der Waals surface area contributed by atoms with Crippen molar-refractivity contribution in [2.75, 3.05) is 42.7 Å². The predicted octanol–water partition coefficient (Wildman–Crippen LogP) is -1.32. The molecule has 0 radical (unpaired) electrons. The van der Waals surface area contributed by atoms with Gasteiger partial charge in [0, 0.05) is 59.8 Å². The molecule has 0 aliphatic heterocycles. The molecule has 0 heterocycles. The molecule has 4 aromatic carbocycles. The maximum absolute atomic E-state index is 13.1. The zero-order valence-electron chi connectivity index (χ0n) is 30.1. The molecule has 4 rings (SSSR count). The minimum Gasteiger partial charge on any atom is -0.505 e. The molecule has 0 aliphatic rings. The first-order valence-corrected chi connectivity index (χ1v) is 12.8. The summed E-state index contributed by atoms with van der Waals surface area (Å²) in [6.07, 6.45) is 0. The molecule has 21 heteroatoms. The van der Waals surface area contributed by atoms with Crippen LogP contribution in [0, 0.1) is 60.0 Å². The Morgan fingerprint density at radius 1 is 0.519 bits per heavy atom. The fourth-order valence-corrected chi connectivity index (χ4v) is 2.67. The van der Waals surface area contributed by atoms with E-state index in [1.807, 2.05) is 0 Å². The Morgan fingerprint density at radius 3 is 1.19 bits per heavy atom. The van der Waals surface area contributed by atoms with Gasteiger partial charge in [-0.25, -0.2) is 26.3 Å². The molecule has 0 aliphatic carbocycles. The van der Waals surface area contributed by atoms with Crippen LogP contribution in [0.25, 0.3) is 0 Å². The van der Waals surface area contributed by atoms with Crippen molar-refractivity contribution < 1.29 is 117 Å². The zero-order chi connectivity index (χ0) is 36.4. The number of halogens is 8. The Balaban J connectivity index is -0.0000000954. The van der Waals surface area contributed by atoms with Gasteiger partial charge in [0.25, 0.3) is 0 Å². The number of hydrogen-bond donors (Lipinski definition) is 2. The van der Waals surface area contributed by atoms with Crippen LogP contribution in [-0.4, -0.2) is 78.3 Å². The molecule has 0 spiro atoms. The summed E-state index contributed by atoms with van der Waals surface area (Å²) in [5.41, 5.74) is 0.0602. The van der Waals surface area contributed by atoms with E-state index in [9.17, 15) is 35.1 Å². The maximum Gasteiger partial charge on any atom is 1.00 e. The first-order chi connectivity index (χ1) is 22.4. The van der Waals surface area contributed by atoms with E-state index in [-0.39, 0.29) is 61.6 Å². The quantitative estimate of drug-likeness (QED) is 0.142. The molecule has 282 valence electrons. The Kier molecular flexibility index (Phi) is 48.5. The van der Waals surface area contributed by atoms with Crippen LogP contribution in [0.4, 0.5) is 35.1 Å². The molecule has 0 unspecified atom stereocenters. The largest absolute Gasteiger partial charge is 1.00 e. The van der Waals surface area contributed by atoms with Crippen molar-refractivity contribution in [1.82, 2.24) is 0 Å². The Hall–Kier alpha value is -2.88. The molecule has 52 heavy (non-hydrogen) atoms. The van der Waals surface area contributed by atoms with E-state index in [2.05, 4.69) is 20.0 Å². The van der Waals surface area contributed by atoms with E-state index in [0.29, 0.717) is 0 Å². The summed E-state index contributed by atoms with van der Waals surface area (Å²) in [6, 6.07) is 18.0. The molecule has 0 bridgehead atoms. The third kappa shape index (κ3) is 26.8. The van der Waals surface area contributed by atoms with Crippen LogP contribution in [-0.2, 0) is 23.3 Å². The molecular formula is C31H40B2F8Li2O9. The van der Waals surface area contributed by atoms with Crippen molar-refractivity contribution in [2.24, 2.45) is 0 Å². The average molecular weight is 744 g/mol. The number of phenols is 1. The number of benzene rings is 4. The van der Waals surface area contributed by atoms with Crippen molar-refractivity contribution in [3.8, 4) is 5.75 Å². The fourth-order valence-electron chi connectivity index (χ4n) is 2.67. The number of aromatic hydroxyl groups is 1. The van der Waals surface area contributed by atoms with Gasteiger partial charge in [0.2, 0.25) is 0 Å². The summed E-state index contributed by atoms with van der Waals surface area (Å²) >= 11 is 0. The van der Waals surface area contributed by atoms with Gasteiger partial charge in [0.1, 0.15) is 0 Å². The fraction of sp³-hybridized carbons (Fsp3) is 0.194. The summed E-state index contributed by atoms with van der Waals surface area (Å²) in [4.78, 5) is 0. The normalized spacial score (nSPS) is 8.37. The monoisotopic (exact) mass is 744 g/mol. The Bertz CT molecular complexity index is 1290. The smallest absolute Gasteiger partial charge is 0.505 e. The van der Waals surface area contributed by atoms with Crippen molar-refractivity contribution in [3.63, 3.8) is 0 Å². The average Bonchev–Trinajstić information content (AvgIpc) is 3.08. The van der Waals surface area contributed by atoms with Gasteiger partial charge in [-0.1, -0.05) is 30.3 Å². The van der Waals surface area contributed by atoms with Crippen molar-refractivity contribution in [3.05, 3.63) is 139 Å². The van der Waals surface area contributed by atoms with E-state index in [1.165, 1.54) is 78.0 Å². The van der Waals surface area contributed by atoms with Crippen LogP contribution in [0.2, 0.25) is 0 Å². The van der Waals surface area contributed by atoms with Gasteiger partial charge in [0.15, 0.2) is 40.7 Å². The number of aliphatic hydroxyl groups is 1. The molecule has 0 saturated carbocycles. The van der Waals surface area contributed by atoms with Gasteiger partial charge in [0.05, 0.1) is 0 Å². The number of hydrogen-bond acceptors (Lipinski definition) is 7. The zero-order valence-corrected chi connectivity index (χ0v) is 30.1. The van der Waals surface area contributed by atoms with Gasteiger partial charge < -0.3 is 51.9 Å². The van der Waals surface area contributed by atoms with E-state index >= 15 is 0 Å². The molecule has 0 amide bonds. The molecule has 0 aromatic heterocycles. The van der Waals surface area contributed by atoms with Crippen LogP contribution < -0.4 is 43.2 Å². The second-order valence-electron chi connectivity index (χ2n) is 7.76. The van der Waals surface area contributed by atoms with Gasteiger partial charge in [-0.15, -0.1) is 12.1 Å². The van der Waals surface area contributed by atoms with Gasteiger partial charge in [-0.2, -0.15) is 16.5 Å². The summed E-state index contributed by atoms with van der Waals surface area (Å²) < 4.78 is 121.